The molecule has 0 saturated heterocycles. The molecule has 2 rings (SSSR count). The Morgan fingerprint density at radius 1 is 1.35 bits per heavy atom. The van der Waals surface area contributed by atoms with Crippen LogP contribution < -0.4 is 14.8 Å². The molecule has 1 aliphatic heterocycles. The number of benzene rings is 1. The van der Waals surface area contributed by atoms with E-state index in [2.05, 4.69) is 5.32 Å². The molecule has 1 N–H and O–H groups in total. The maximum atomic E-state index is 12.5. The molecule has 128 valence electrons. The highest BCUT2D eigenvalue weighted by molar-refractivity contribution is 7.85. The van der Waals surface area contributed by atoms with Gasteiger partial charge in [0.05, 0.1) is 5.02 Å². The summed E-state index contributed by atoms with van der Waals surface area (Å²) in [5.41, 5.74) is 0.406. The summed E-state index contributed by atoms with van der Waals surface area (Å²) in [6.07, 6.45) is 0. The summed E-state index contributed by atoms with van der Waals surface area (Å²) in [6.45, 7) is 8.25. The van der Waals surface area contributed by atoms with Crippen molar-refractivity contribution in [2.24, 2.45) is 0 Å². The van der Waals surface area contributed by atoms with Crippen LogP contribution in [0.1, 0.15) is 33.3 Å². The Balaban J connectivity index is 2.08. The monoisotopic (exact) mass is 359 g/mol. The average Bonchev–Trinajstić information content (AvgIpc) is 2.44. The van der Waals surface area contributed by atoms with Crippen LogP contribution in [0.4, 0.5) is 0 Å². The van der Waals surface area contributed by atoms with E-state index in [1.807, 2.05) is 20.8 Å². The minimum Gasteiger partial charge on any atom is -0.486 e. The molecule has 0 aromatic heterocycles. The van der Waals surface area contributed by atoms with Gasteiger partial charge in [0, 0.05) is 22.1 Å². The number of hydrogen-bond acceptors (Lipinski definition) is 4. The minimum atomic E-state index is -1.36. The quantitative estimate of drug-likeness (QED) is 0.897. The normalized spacial score (nSPS) is 16.6. The molecule has 5 nitrogen and oxygen atoms in total. The summed E-state index contributed by atoms with van der Waals surface area (Å²) in [7, 11) is -1.36. The first-order valence-electron chi connectivity index (χ1n) is 7.44. The van der Waals surface area contributed by atoms with Gasteiger partial charge in [-0.2, -0.15) is 0 Å². The van der Waals surface area contributed by atoms with Gasteiger partial charge in [-0.25, -0.2) is 0 Å². The van der Waals surface area contributed by atoms with Gasteiger partial charge < -0.3 is 14.8 Å². The van der Waals surface area contributed by atoms with Crippen molar-refractivity contribution >= 4 is 28.3 Å². The van der Waals surface area contributed by atoms with E-state index in [-0.39, 0.29) is 17.2 Å². The summed E-state index contributed by atoms with van der Waals surface area (Å²) >= 11 is 6.18. The predicted octanol–water partition coefficient (Wildman–Crippen LogP) is 2.66. The zero-order chi connectivity index (χ0) is 17.2. The molecule has 1 aromatic carbocycles. The molecule has 0 aliphatic carbocycles. The van der Waals surface area contributed by atoms with Crippen molar-refractivity contribution in [3.8, 4) is 11.5 Å². The van der Waals surface area contributed by atoms with Crippen LogP contribution in [0.5, 0.6) is 11.5 Å². The highest BCUT2D eigenvalue weighted by Gasteiger charge is 2.25. The summed E-state index contributed by atoms with van der Waals surface area (Å²) in [5.74, 6) is 1.09. The van der Waals surface area contributed by atoms with Crippen molar-refractivity contribution in [1.82, 2.24) is 5.32 Å². The first-order valence-corrected chi connectivity index (χ1v) is 9.20. The number of amides is 1. The first kappa shape index (κ1) is 18.1. The topological polar surface area (TPSA) is 64.6 Å². The second-order valence-corrected chi connectivity index (χ2v) is 8.67. The molecule has 0 radical (unpaired) electrons. The molecule has 1 amide bonds. The van der Waals surface area contributed by atoms with Crippen molar-refractivity contribution in [2.75, 3.05) is 13.2 Å². The zero-order valence-electron chi connectivity index (χ0n) is 13.8. The largest absolute Gasteiger partial charge is 0.486 e. The maximum absolute atomic E-state index is 12.5. The second kappa shape index (κ2) is 7.09. The van der Waals surface area contributed by atoms with Crippen molar-refractivity contribution in [1.29, 1.82) is 0 Å². The van der Waals surface area contributed by atoms with Crippen LogP contribution in [0.3, 0.4) is 0 Å². The highest BCUT2D eigenvalue weighted by Crippen LogP contribution is 2.38. The van der Waals surface area contributed by atoms with Gasteiger partial charge in [0.2, 0.25) is 5.91 Å². The number of fused-ring (bicyclic) bond motifs is 1. The van der Waals surface area contributed by atoms with Crippen LogP contribution in [0, 0.1) is 0 Å². The SMILES string of the molecule is C[C@@H](C(=O)NC(C)(C)C)[S@](=O)Cc1cc(Cl)c2c(c1)OCCO2. The number of hydrogen-bond donors (Lipinski definition) is 1. The first-order chi connectivity index (χ1) is 10.7. The van der Waals surface area contributed by atoms with Crippen LogP contribution in [0.15, 0.2) is 12.1 Å². The Hall–Kier alpha value is -1.27. The summed E-state index contributed by atoms with van der Waals surface area (Å²) in [4.78, 5) is 12.1. The van der Waals surface area contributed by atoms with Gasteiger partial charge in [0.1, 0.15) is 18.5 Å². The Bertz CT molecular complexity index is 627. The molecule has 7 heteroatoms. The number of halogens is 1. The highest BCUT2D eigenvalue weighted by atomic mass is 35.5. The van der Waals surface area contributed by atoms with E-state index in [0.29, 0.717) is 29.7 Å². The van der Waals surface area contributed by atoms with Crippen LogP contribution in [0.2, 0.25) is 5.02 Å². The lowest BCUT2D eigenvalue weighted by molar-refractivity contribution is -0.121. The van der Waals surface area contributed by atoms with E-state index in [4.69, 9.17) is 21.1 Å². The molecule has 1 heterocycles. The molecule has 1 aliphatic rings. The van der Waals surface area contributed by atoms with E-state index in [0.717, 1.165) is 5.56 Å². The number of nitrogens with one attached hydrogen (secondary N) is 1. The fourth-order valence-electron chi connectivity index (χ4n) is 2.13. The molecule has 23 heavy (non-hydrogen) atoms. The lowest BCUT2D eigenvalue weighted by Crippen LogP contribution is -2.46. The van der Waals surface area contributed by atoms with Gasteiger partial charge in [-0.15, -0.1) is 0 Å². The smallest absolute Gasteiger partial charge is 0.235 e. The van der Waals surface area contributed by atoms with E-state index in [1.165, 1.54) is 0 Å². The Morgan fingerprint density at radius 2 is 2.00 bits per heavy atom. The Morgan fingerprint density at radius 3 is 2.65 bits per heavy atom. The van der Waals surface area contributed by atoms with Gasteiger partial charge in [-0.1, -0.05) is 11.6 Å². The summed E-state index contributed by atoms with van der Waals surface area (Å²) < 4.78 is 23.4. The molecule has 0 bridgehead atoms. The third-order valence-corrected chi connectivity index (χ3v) is 5.13. The Kier molecular flexibility index (Phi) is 5.57. The zero-order valence-corrected chi connectivity index (χ0v) is 15.3. The fourth-order valence-corrected chi connectivity index (χ4v) is 3.46. The average molecular weight is 360 g/mol. The van der Waals surface area contributed by atoms with Crippen molar-refractivity contribution in [3.05, 3.63) is 22.7 Å². The Labute approximate surface area is 144 Å². The molecular weight excluding hydrogens is 338 g/mol. The number of carbonyl (C=O) groups excluding carboxylic acids is 1. The van der Waals surface area contributed by atoms with Crippen molar-refractivity contribution in [3.63, 3.8) is 0 Å². The third-order valence-electron chi connectivity index (χ3n) is 3.23. The minimum absolute atomic E-state index is 0.223. The standard InChI is InChI=1S/C16H22ClNO4S/c1-10(15(19)18-16(2,3)4)23(20)9-11-7-12(17)14-13(8-11)21-5-6-22-14/h7-8,10H,5-6,9H2,1-4H3,(H,18,19)/t10-,23+/m0/s1. The van der Waals surface area contributed by atoms with Crippen LogP contribution in [0.25, 0.3) is 0 Å². The number of rotatable bonds is 4. The van der Waals surface area contributed by atoms with Gasteiger partial charge in [0.25, 0.3) is 0 Å². The van der Waals surface area contributed by atoms with Crippen molar-refractivity contribution in [2.45, 2.75) is 44.2 Å². The molecule has 0 fully saturated rings. The second-order valence-electron chi connectivity index (χ2n) is 6.51. The van der Waals surface area contributed by atoms with Gasteiger partial charge in [0.15, 0.2) is 11.5 Å². The van der Waals surface area contributed by atoms with Crippen LogP contribution in [-0.2, 0) is 21.3 Å². The lowest BCUT2D eigenvalue weighted by Gasteiger charge is -2.23. The van der Waals surface area contributed by atoms with E-state index in [1.54, 1.807) is 19.1 Å². The van der Waals surface area contributed by atoms with Crippen molar-refractivity contribution < 1.29 is 18.5 Å². The lowest BCUT2D eigenvalue weighted by atomic mass is 10.1. The molecule has 1 aromatic rings. The maximum Gasteiger partial charge on any atom is 0.235 e. The number of ether oxygens (including phenoxy) is 2. The van der Waals surface area contributed by atoms with Gasteiger partial charge in [-0.3, -0.25) is 9.00 Å². The number of carbonyl (C=O) groups is 1. The summed E-state index contributed by atoms with van der Waals surface area (Å²) in [6, 6.07) is 3.48. The van der Waals surface area contributed by atoms with E-state index < -0.39 is 16.0 Å². The molecule has 2 atom stereocenters. The predicted molar refractivity (Wildman–Crippen MR) is 91.6 cm³/mol. The van der Waals surface area contributed by atoms with E-state index in [9.17, 15) is 9.00 Å². The molecule has 0 saturated carbocycles. The molecular formula is C16H22ClNO4S. The van der Waals surface area contributed by atoms with Crippen LogP contribution >= 0.6 is 11.6 Å². The molecule has 0 spiro atoms. The van der Waals surface area contributed by atoms with Crippen LogP contribution in [-0.4, -0.2) is 34.1 Å². The third kappa shape index (κ3) is 4.85. The van der Waals surface area contributed by atoms with E-state index >= 15 is 0 Å². The van der Waals surface area contributed by atoms with Gasteiger partial charge >= 0.3 is 0 Å². The summed E-state index contributed by atoms with van der Waals surface area (Å²) in [5, 5.41) is 2.67. The molecule has 0 unspecified atom stereocenters. The van der Waals surface area contributed by atoms with Gasteiger partial charge in [-0.05, 0) is 45.4 Å². The fraction of sp³-hybridized carbons (Fsp3) is 0.562.